The van der Waals surface area contributed by atoms with E-state index in [1.165, 1.54) is 26.4 Å². The second kappa shape index (κ2) is 6.72. The molecule has 0 aliphatic rings. The Hall–Kier alpha value is -1.79. The number of benzene rings is 1. The molecule has 0 aliphatic heterocycles. The molecule has 0 unspecified atom stereocenters. The van der Waals surface area contributed by atoms with Crippen LogP contribution in [-0.2, 0) is 9.47 Å². The topological polar surface area (TPSA) is 74.0 Å². The molecule has 0 amide bonds. The largest absolute Gasteiger partial charge is 0.354 e. The Morgan fingerprint density at radius 1 is 1.47 bits per heavy atom. The van der Waals surface area contributed by atoms with Crippen molar-refractivity contribution in [3.8, 4) is 0 Å². The molecular weight excluding hydrogens is 224 g/mol. The average molecular weight is 238 g/mol. The fourth-order valence-electron chi connectivity index (χ4n) is 1.21. The molecule has 0 saturated heterocycles. The molecule has 0 aromatic heterocycles. The summed E-state index contributed by atoms with van der Waals surface area (Å²) in [5, 5.41) is 10.5. The van der Waals surface area contributed by atoms with Gasteiger partial charge in [0.2, 0.25) is 0 Å². The van der Waals surface area contributed by atoms with Gasteiger partial charge in [0.15, 0.2) is 6.29 Å². The summed E-state index contributed by atoms with van der Waals surface area (Å²) in [6.45, 7) is 0.343. The van der Waals surface area contributed by atoms with Gasteiger partial charge in [0.25, 0.3) is 5.69 Å². The number of nitrogens with zero attached hydrogens (tertiary/aromatic N) is 2. The van der Waals surface area contributed by atoms with Gasteiger partial charge in [-0.05, 0) is 5.56 Å². The van der Waals surface area contributed by atoms with Crippen LogP contribution in [0.5, 0.6) is 0 Å². The van der Waals surface area contributed by atoms with Crippen LogP contribution in [0.25, 0.3) is 0 Å². The van der Waals surface area contributed by atoms with Gasteiger partial charge in [-0.25, -0.2) is 0 Å². The minimum atomic E-state index is -0.440. The Morgan fingerprint density at radius 3 is 2.76 bits per heavy atom. The summed E-state index contributed by atoms with van der Waals surface area (Å²) < 4.78 is 9.91. The molecule has 0 bridgehead atoms. The van der Waals surface area contributed by atoms with Crippen LogP contribution in [0, 0.1) is 10.1 Å². The first kappa shape index (κ1) is 13.3. The summed E-state index contributed by atoms with van der Waals surface area (Å²) in [4.78, 5) is 14.2. The van der Waals surface area contributed by atoms with Crippen molar-refractivity contribution in [2.45, 2.75) is 6.29 Å². The van der Waals surface area contributed by atoms with Gasteiger partial charge in [0, 0.05) is 32.6 Å². The molecule has 17 heavy (non-hydrogen) atoms. The zero-order valence-corrected chi connectivity index (χ0v) is 9.70. The Morgan fingerprint density at radius 2 is 2.18 bits per heavy atom. The maximum absolute atomic E-state index is 10.5. The second-order valence-electron chi connectivity index (χ2n) is 3.25. The van der Waals surface area contributed by atoms with E-state index < -0.39 is 11.2 Å². The molecule has 6 heteroatoms. The number of nitro benzene ring substituents is 1. The normalized spacial score (nSPS) is 11.2. The van der Waals surface area contributed by atoms with Crippen molar-refractivity contribution in [2.24, 2.45) is 4.99 Å². The molecule has 0 N–H and O–H groups in total. The summed E-state index contributed by atoms with van der Waals surface area (Å²) in [6.07, 6.45) is 1.16. The zero-order chi connectivity index (χ0) is 12.7. The van der Waals surface area contributed by atoms with Gasteiger partial charge in [0.05, 0.1) is 11.5 Å². The number of aliphatic imine (C=N–C) groups is 1. The van der Waals surface area contributed by atoms with E-state index in [1.54, 1.807) is 18.3 Å². The number of nitro groups is 1. The van der Waals surface area contributed by atoms with Crippen LogP contribution < -0.4 is 0 Å². The first-order valence-electron chi connectivity index (χ1n) is 4.97. The van der Waals surface area contributed by atoms with Gasteiger partial charge < -0.3 is 9.47 Å². The maximum atomic E-state index is 10.5. The smallest absolute Gasteiger partial charge is 0.270 e. The standard InChI is InChI=1S/C11H14N2O4/c1-16-11(17-2)8-12-7-9-4-3-5-10(6-9)13(14)15/h3-7,11H,8H2,1-2H3. The molecule has 0 atom stereocenters. The fourth-order valence-corrected chi connectivity index (χ4v) is 1.21. The Labute approximate surface area is 99.0 Å². The number of rotatable bonds is 6. The minimum absolute atomic E-state index is 0.0454. The van der Waals surface area contributed by atoms with Gasteiger partial charge in [-0.3, -0.25) is 15.1 Å². The van der Waals surface area contributed by atoms with Crippen molar-refractivity contribution in [2.75, 3.05) is 20.8 Å². The SMILES string of the molecule is COC(CN=Cc1cccc([N+](=O)[O-])c1)OC. The molecule has 1 aromatic carbocycles. The number of hydrogen-bond donors (Lipinski definition) is 0. The Balaban J connectivity index is 2.65. The Bertz CT molecular complexity index is 402. The number of hydrogen-bond acceptors (Lipinski definition) is 5. The van der Waals surface area contributed by atoms with Crippen LogP contribution >= 0.6 is 0 Å². The summed E-state index contributed by atoms with van der Waals surface area (Å²) in [5.41, 5.74) is 0.717. The van der Waals surface area contributed by atoms with Crippen molar-refractivity contribution in [1.82, 2.24) is 0 Å². The predicted octanol–water partition coefficient (Wildman–Crippen LogP) is 1.63. The van der Waals surface area contributed by atoms with E-state index in [0.717, 1.165) is 0 Å². The summed E-state index contributed by atoms with van der Waals surface area (Å²) in [6, 6.07) is 6.25. The number of methoxy groups -OCH3 is 2. The summed E-state index contributed by atoms with van der Waals surface area (Å²) >= 11 is 0. The lowest BCUT2D eigenvalue weighted by Crippen LogP contribution is -2.16. The van der Waals surface area contributed by atoms with E-state index in [4.69, 9.17) is 9.47 Å². The van der Waals surface area contributed by atoms with Crippen LogP contribution in [-0.4, -0.2) is 38.2 Å². The van der Waals surface area contributed by atoms with Gasteiger partial charge in [-0.2, -0.15) is 0 Å². The average Bonchev–Trinajstić information content (AvgIpc) is 2.35. The molecule has 1 rings (SSSR count). The van der Waals surface area contributed by atoms with Crippen LogP contribution in [0.3, 0.4) is 0 Å². The van der Waals surface area contributed by atoms with E-state index in [-0.39, 0.29) is 5.69 Å². The van der Waals surface area contributed by atoms with E-state index in [1.807, 2.05) is 0 Å². The molecule has 0 radical (unpaired) electrons. The second-order valence-corrected chi connectivity index (χ2v) is 3.25. The van der Waals surface area contributed by atoms with Crippen LogP contribution in [0.4, 0.5) is 5.69 Å². The van der Waals surface area contributed by atoms with Crippen molar-refractivity contribution in [1.29, 1.82) is 0 Å². The van der Waals surface area contributed by atoms with Crippen molar-refractivity contribution in [3.05, 3.63) is 39.9 Å². The highest BCUT2D eigenvalue weighted by Crippen LogP contribution is 2.11. The fraction of sp³-hybridized carbons (Fsp3) is 0.364. The molecule has 0 aliphatic carbocycles. The molecule has 6 nitrogen and oxygen atoms in total. The molecule has 0 fully saturated rings. The number of non-ortho nitro benzene ring substituents is 1. The molecule has 0 saturated carbocycles. The highest BCUT2D eigenvalue weighted by Gasteiger charge is 2.04. The highest BCUT2D eigenvalue weighted by molar-refractivity contribution is 5.80. The van der Waals surface area contributed by atoms with Crippen molar-refractivity contribution >= 4 is 11.9 Å². The first-order chi connectivity index (χ1) is 8.17. The summed E-state index contributed by atoms with van der Waals surface area (Å²) in [5.74, 6) is 0. The van der Waals surface area contributed by atoms with Crippen molar-refractivity contribution < 1.29 is 14.4 Å². The van der Waals surface area contributed by atoms with Crippen LogP contribution in [0.15, 0.2) is 29.3 Å². The van der Waals surface area contributed by atoms with Crippen LogP contribution in [0.1, 0.15) is 5.56 Å². The van der Waals surface area contributed by atoms with Gasteiger partial charge in [0.1, 0.15) is 0 Å². The molecule has 0 spiro atoms. The lowest BCUT2D eigenvalue weighted by molar-refractivity contribution is -0.384. The maximum Gasteiger partial charge on any atom is 0.270 e. The van der Waals surface area contributed by atoms with E-state index in [9.17, 15) is 10.1 Å². The zero-order valence-electron chi connectivity index (χ0n) is 9.70. The quantitative estimate of drug-likeness (QED) is 0.327. The molecule has 1 aromatic rings. The minimum Gasteiger partial charge on any atom is -0.354 e. The predicted molar refractivity (Wildman–Crippen MR) is 63.4 cm³/mol. The van der Waals surface area contributed by atoms with Crippen LogP contribution in [0.2, 0.25) is 0 Å². The first-order valence-corrected chi connectivity index (χ1v) is 4.97. The highest BCUT2D eigenvalue weighted by atomic mass is 16.7. The third kappa shape index (κ3) is 4.29. The third-order valence-corrected chi connectivity index (χ3v) is 2.10. The third-order valence-electron chi connectivity index (χ3n) is 2.10. The monoisotopic (exact) mass is 238 g/mol. The van der Waals surface area contributed by atoms with Gasteiger partial charge >= 0.3 is 0 Å². The van der Waals surface area contributed by atoms with E-state index >= 15 is 0 Å². The number of ether oxygens (including phenoxy) is 2. The van der Waals surface area contributed by atoms with Gasteiger partial charge in [-0.1, -0.05) is 12.1 Å². The van der Waals surface area contributed by atoms with Crippen molar-refractivity contribution in [3.63, 3.8) is 0 Å². The van der Waals surface area contributed by atoms with Gasteiger partial charge in [-0.15, -0.1) is 0 Å². The molecule has 0 heterocycles. The lowest BCUT2D eigenvalue weighted by atomic mass is 10.2. The lowest BCUT2D eigenvalue weighted by Gasteiger charge is -2.09. The summed E-state index contributed by atoms with van der Waals surface area (Å²) in [7, 11) is 3.05. The Kier molecular flexibility index (Phi) is 5.25. The molecular formula is C11H14N2O4. The molecule has 92 valence electrons. The van der Waals surface area contributed by atoms with E-state index in [0.29, 0.717) is 12.1 Å². The van der Waals surface area contributed by atoms with E-state index in [2.05, 4.69) is 4.99 Å².